The standard InChI is InChI=1S/C28H26O4/c1-4-32-28(29)27-23-18-25(31-3)24(30-2)17-21(23)16-22(15-19-11-7-5-8-12-19)26(27)20-13-9-6-10-14-20/h5-14,16-18H,4,15H2,1-3H3. The molecule has 0 aliphatic rings. The molecule has 32 heavy (non-hydrogen) atoms. The first-order valence-corrected chi connectivity index (χ1v) is 10.6. The van der Waals surface area contributed by atoms with Gasteiger partial charge in [-0.05, 0) is 47.6 Å². The van der Waals surface area contributed by atoms with Gasteiger partial charge in [-0.25, -0.2) is 4.79 Å². The van der Waals surface area contributed by atoms with Crippen LogP contribution >= 0.6 is 0 Å². The highest BCUT2D eigenvalue weighted by Crippen LogP contribution is 2.40. The van der Waals surface area contributed by atoms with Crippen LogP contribution in [0.4, 0.5) is 0 Å². The van der Waals surface area contributed by atoms with Crippen molar-refractivity contribution in [2.45, 2.75) is 13.3 Å². The van der Waals surface area contributed by atoms with Gasteiger partial charge in [0, 0.05) is 10.9 Å². The van der Waals surface area contributed by atoms with Crippen LogP contribution in [0.5, 0.6) is 11.5 Å². The van der Waals surface area contributed by atoms with Crippen LogP contribution in [0.3, 0.4) is 0 Å². The van der Waals surface area contributed by atoms with Crippen molar-refractivity contribution < 1.29 is 19.0 Å². The van der Waals surface area contributed by atoms with Crippen molar-refractivity contribution >= 4 is 16.7 Å². The van der Waals surface area contributed by atoms with Crippen molar-refractivity contribution in [1.29, 1.82) is 0 Å². The van der Waals surface area contributed by atoms with Gasteiger partial charge >= 0.3 is 5.97 Å². The van der Waals surface area contributed by atoms with Crippen LogP contribution in [-0.4, -0.2) is 26.8 Å². The van der Waals surface area contributed by atoms with E-state index in [4.69, 9.17) is 14.2 Å². The van der Waals surface area contributed by atoms with E-state index in [1.54, 1.807) is 14.2 Å². The Kier molecular flexibility index (Phi) is 6.41. The third-order valence-corrected chi connectivity index (χ3v) is 5.51. The van der Waals surface area contributed by atoms with Crippen LogP contribution in [0.15, 0.2) is 78.9 Å². The molecule has 0 unspecified atom stereocenters. The minimum atomic E-state index is -0.349. The molecule has 4 aromatic rings. The Hall–Kier alpha value is -3.79. The van der Waals surface area contributed by atoms with Crippen molar-refractivity contribution in [2.24, 2.45) is 0 Å². The lowest BCUT2D eigenvalue weighted by Gasteiger charge is -2.19. The molecule has 0 aliphatic carbocycles. The summed E-state index contributed by atoms with van der Waals surface area (Å²) < 4.78 is 16.6. The molecule has 0 bridgehead atoms. The van der Waals surface area contributed by atoms with E-state index in [-0.39, 0.29) is 5.97 Å². The Morgan fingerprint density at radius 2 is 1.44 bits per heavy atom. The maximum Gasteiger partial charge on any atom is 0.339 e. The fraction of sp³-hybridized carbons (Fsp3) is 0.179. The highest BCUT2D eigenvalue weighted by Gasteiger charge is 2.23. The van der Waals surface area contributed by atoms with Crippen LogP contribution in [0.25, 0.3) is 21.9 Å². The summed E-state index contributed by atoms with van der Waals surface area (Å²) in [6, 6.07) is 26.1. The van der Waals surface area contributed by atoms with E-state index in [1.807, 2.05) is 67.6 Å². The van der Waals surface area contributed by atoms with Gasteiger partial charge in [-0.3, -0.25) is 0 Å². The Morgan fingerprint density at radius 3 is 2.06 bits per heavy atom. The smallest absolute Gasteiger partial charge is 0.339 e. The molecule has 4 aromatic carbocycles. The van der Waals surface area contributed by atoms with Crippen molar-refractivity contribution in [2.75, 3.05) is 20.8 Å². The minimum absolute atomic E-state index is 0.296. The van der Waals surface area contributed by atoms with E-state index in [0.717, 1.165) is 27.5 Å². The number of fused-ring (bicyclic) bond motifs is 1. The Bertz CT molecular complexity index is 1230. The molecule has 0 spiro atoms. The predicted octanol–water partition coefficient (Wildman–Crippen LogP) is 6.29. The largest absolute Gasteiger partial charge is 0.493 e. The van der Waals surface area contributed by atoms with Crippen LogP contribution < -0.4 is 9.47 Å². The van der Waals surface area contributed by atoms with Crippen molar-refractivity contribution in [3.8, 4) is 22.6 Å². The zero-order valence-electron chi connectivity index (χ0n) is 18.6. The van der Waals surface area contributed by atoms with Gasteiger partial charge < -0.3 is 14.2 Å². The van der Waals surface area contributed by atoms with Gasteiger partial charge in [0.2, 0.25) is 0 Å². The van der Waals surface area contributed by atoms with E-state index in [1.165, 1.54) is 5.56 Å². The summed E-state index contributed by atoms with van der Waals surface area (Å²) in [4.78, 5) is 13.3. The lowest BCUT2D eigenvalue weighted by molar-refractivity contribution is 0.0529. The SMILES string of the molecule is CCOC(=O)c1c(-c2ccccc2)c(Cc2ccccc2)cc2cc(OC)c(OC)cc12. The molecular weight excluding hydrogens is 400 g/mol. The first kappa shape index (κ1) is 21.4. The Morgan fingerprint density at radius 1 is 0.812 bits per heavy atom. The van der Waals surface area contributed by atoms with Crippen molar-refractivity contribution in [1.82, 2.24) is 0 Å². The van der Waals surface area contributed by atoms with E-state index in [9.17, 15) is 4.79 Å². The third-order valence-electron chi connectivity index (χ3n) is 5.51. The van der Waals surface area contributed by atoms with Gasteiger partial charge in [-0.15, -0.1) is 0 Å². The summed E-state index contributed by atoms with van der Waals surface area (Å²) in [5.74, 6) is 0.840. The van der Waals surface area contributed by atoms with Crippen LogP contribution in [0.1, 0.15) is 28.4 Å². The highest BCUT2D eigenvalue weighted by molar-refractivity contribution is 6.12. The number of benzene rings is 4. The molecule has 0 radical (unpaired) electrons. The molecule has 0 aliphatic heterocycles. The first-order valence-electron chi connectivity index (χ1n) is 10.6. The Balaban J connectivity index is 2.08. The molecule has 162 valence electrons. The molecule has 4 rings (SSSR count). The minimum Gasteiger partial charge on any atom is -0.493 e. The number of ether oxygens (including phenoxy) is 3. The van der Waals surface area contributed by atoms with Crippen LogP contribution in [-0.2, 0) is 11.2 Å². The maximum atomic E-state index is 13.3. The van der Waals surface area contributed by atoms with Crippen LogP contribution in [0.2, 0.25) is 0 Å². The van der Waals surface area contributed by atoms with Gasteiger partial charge in [-0.2, -0.15) is 0 Å². The number of rotatable bonds is 7. The second kappa shape index (κ2) is 9.56. The summed E-state index contributed by atoms with van der Waals surface area (Å²) in [6.45, 7) is 2.12. The highest BCUT2D eigenvalue weighted by atomic mass is 16.5. The molecule has 4 nitrogen and oxygen atoms in total. The maximum absolute atomic E-state index is 13.3. The summed E-state index contributed by atoms with van der Waals surface area (Å²) in [5, 5.41) is 1.67. The van der Waals surface area contributed by atoms with Gasteiger partial charge in [0.05, 0.1) is 26.4 Å². The average Bonchev–Trinajstić information content (AvgIpc) is 2.83. The molecular formula is C28H26O4. The fourth-order valence-corrected chi connectivity index (χ4v) is 4.09. The van der Waals surface area contributed by atoms with E-state index in [2.05, 4.69) is 18.2 Å². The number of esters is 1. The second-order valence-electron chi connectivity index (χ2n) is 7.46. The van der Waals surface area contributed by atoms with Crippen LogP contribution in [0, 0.1) is 0 Å². The number of hydrogen-bond donors (Lipinski definition) is 0. The lowest BCUT2D eigenvalue weighted by Crippen LogP contribution is -2.10. The van der Waals surface area contributed by atoms with E-state index in [0.29, 0.717) is 30.1 Å². The molecule has 0 fully saturated rings. The number of methoxy groups -OCH3 is 2. The molecule has 0 N–H and O–H groups in total. The quantitative estimate of drug-likeness (QED) is 0.326. The normalized spacial score (nSPS) is 10.7. The molecule has 4 heteroatoms. The number of hydrogen-bond acceptors (Lipinski definition) is 4. The molecule has 0 saturated heterocycles. The average molecular weight is 427 g/mol. The molecule has 0 amide bonds. The monoisotopic (exact) mass is 426 g/mol. The number of carbonyl (C=O) groups excluding carboxylic acids is 1. The Labute approximate surface area is 188 Å². The van der Waals surface area contributed by atoms with E-state index >= 15 is 0 Å². The summed E-state index contributed by atoms with van der Waals surface area (Å²) in [6.07, 6.45) is 0.682. The molecule has 0 heterocycles. The van der Waals surface area contributed by atoms with E-state index < -0.39 is 0 Å². The van der Waals surface area contributed by atoms with Gasteiger partial charge in [0.15, 0.2) is 11.5 Å². The predicted molar refractivity (Wildman–Crippen MR) is 128 cm³/mol. The zero-order valence-corrected chi connectivity index (χ0v) is 18.6. The van der Waals surface area contributed by atoms with Gasteiger partial charge in [0.25, 0.3) is 0 Å². The summed E-state index contributed by atoms with van der Waals surface area (Å²) >= 11 is 0. The molecule has 0 saturated carbocycles. The lowest BCUT2D eigenvalue weighted by atomic mass is 9.87. The second-order valence-corrected chi connectivity index (χ2v) is 7.46. The van der Waals surface area contributed by atoms with Gasteiger partial charge in [0.1, 0.15) is 0 Å². The summed E-state index contributed by atoms with van der Waals surface area (Å²) in [5.41, 5.74) is 4.61. The number of carbonyl (C=O) groups is 1. The zero-order chi connectivity index (χ0) is 22.5. The molecule has 0 aromatic heterocycles. The fourth-order valence-electron chi connectivity index (χ4n) is 4.09. The first-order chi connectivity index (χ1) is 15.7. The van der Waals surface area contributed by atoms with Crippen molar-refractivity contribution in [3.05, 3.63) is 95.6 Å². The topological polar surface area (TPSA) is 44.8 Å². The summed E-state index contributed by atoms with van der Waals surface area (Å²) in [7, 11) is 3.20. The molecule has 0 atom stereocenters. The van der Waals surface area contributed by atoms with Crippen molar-refractivity contribution in [3.63, 3.8) is 0 Å². The third kappa shape index (κ3) is 4.17. The van der Waals surface area contributed by atoms with Gasteiger partial charge in [-0.1, -0.05) is 66.7 Å².